The molecule has 3 aromatic carbocycles. The molecule has 0 heterocycles. The molecule has 0 aliphatic carbocycles. The van der Waals surface area contributed by atoms with E-state index in [0.29, 0.717) is 15.6 Å². The lowest BCUT2D eigenvalue weighted by molar-refractivity contribution is 0.0697. The van der Waals surface area contributed by atoms with E-state index >= 15 is 0 Å². The van der Waals surface area contributed by atoms with Crippen LogP contribution in [-0.2, 0) is 16.6 Å². The molecule has 0 aliphatic heterocycles. The number of benzene rings is 3. The summed E-state index contributed by atoms with van der Waals surface area (Å²) in [6.07, 6.45) is 1.59. The molecule has 1 atom stereocenters. The molecule has 34 heavy (non-hydrogen) atoms. The van der Waals surface area contributed by atoms with Crippen LogP contribution in [0.1, 0.15) is 47.3 Å². The molecular formula is C24H23Cl3N2O4S. The van der Waals surface area contributed by atoms with Gasteiger partial charge in [-0.05, 0) is 41.8 Å². The number of carboxylic acid groups (broad SMARTS) is 1. The summed E-state index contributed by atoms with van der Waals surface area (Å²) < 4.78 is 28.3. The van der Waals surface area contributed by atoms with E-state index < -0.39 is 16.0 Å². The number of anilines is 1. The number of halogens is 3. The Morgan fingerprint density at radius 2 is 1.71 bits per heavy atom. The van der Waals surface area contributed by atoms with Gasteiger partial charge in [-0.25, -0.2) is 17.9 Å². The number of sulfonamides is 1. The van der Waals surface area contributed by atoms with Crippen LogP contribution in [0, 0.1) is 0 Å². The average Bonchev–Trinajstić information content (AvgIpc) is 2.78. The molecular weight excluding hydrogens is 519 g/mol. The second kappa shape index (κ2) is 11.4. The summed E-state index contributed by atoms with van der Waals surface area (Å²) in [6.45, 7) is 1.90. The summed E-state index contributed by atoms with van der Waals surface area (Å²) in [6, 6.07) is 16.5. The molecule has 10 heteroatoms. The molecule has 6 nitrogen and oxygen atoms in total. The van der Waals surface area contributed by atoms with Crippen molar-refractivity contribution in [2.75, 3.05) is 5.32 Å². The third kappa shape index (κ3) is 6.43. The Bertz CT molecular complexity index is 1280. The summed E-state index contributed by atoms with van der Waals surface area (Å²) in [7, 11) is -4.14. The molecule has 0 saturated carbocycles. The Labute approximate surface area is 213 Å². The third-order valence-corrected chi connectivity index (χ3v) is 7.62. The second-order valence-corrected chi connectivity index (χ2v) is 10.6. The van der Waals surface area contributed by atoms with E-state index in [1.54, 1.807) is 12.1 Å². The largest absolute Gasteiger partial charge is 0.478 e. The zero-order valence-electron chi connectivity index (χ0n) is 18.2. The van der Waals surface area contributed by atoms with E-state index in [4.69, 9.17) is 34.8 Å². The first-order valence-corrected chi connectivity index (χ1v) is 13.1. The van der Waals surface area contributed by atoms with Gasteiger partial charge < -0.3 is 10.4 Å². The molecule has 0 radical (unpaired) electrons. The maximum atomic E-state index is 13.0. The maximum Gasteiger partial charge on any atom is 0.337 e. The summed E-state index contributed by atoms with van der Waals surface area (Å²) in [5.41, 5.74) is 1.52. The van der Waals surface area contributed by atoms with Crippen LogP contribution in [0.15, 0.2) is 65.6 Å². The lowest BCUT2D eigenvalue weighted by Crippen LogP contribution is -2.24. The number of carboxylic acids is 1. The number of hydrogen-bond donors (Lipinski definition) is 3. The van der Waals surface area contributed by atoms with E-state index in [-0.39, 0.29) is 33.8 Å². The Kier molecular flexibility index (Phi) is 8.84. The molecule has 180 valence electrons. The first-order valence-electron chi connectivity index (χ1n) is 10.4. The predicted octanol–water partition coefficient (Wildman–Crippen LogP) is 6.78. The van der Waals surface area contributed by atoms with E-state index in [1.165, 1.54) is 12.1 Å². The standard InChI is InChI=1S/C24H23Cl3N2O4S/c1-2-6-21(15-7-4-3-5-8-15)29-22-13-20(27)23(12-18(22)24(30)31)34(32,33)28-14-16-9-10-17(25)11-19(16)26/h3-5,7-13,21,28-29H,2,6,14H2,1H3,(H,30,31). The van der Waals surface area contributed by atoms with Crippen LogP contribution in [0.2, 0.25) is 15.1 Å². The molecule has 0 bridgehead atoms. The van der Waals surface area contributed by atoms with Gasteiger partial charge in [0.2, 0.25) is 10.0 Å². The van der Waals surface area contributed by atoms with Crippen LogP contribution in [0.25, 0.3) is 0 Å². The summed E-state index contributed by atoms with van der Waals surface area (Å²) in [5.74, 6) is -1.28. The van der Waals surface area contributed by atoms with E-state index in [2.05, 4.69) is 10.0 Å². The fourth-order valence-corrected chi connectivity index (χ4v) is 5.49. The van der Waals surface area contributed by atoms with Gasteiger partial charge in [-0.15, -0.1) is 0 Å². The zero-order valence-corrected chi connectivity index (χ0v) is 21.3. The van der Waals surface area contributed by atoms with Crippen molar-refractivity contribution in [3.8, 4) is 0 Å². The number of hydrogen-bond acceptors (Lipinski definition) is 4. The first kappa shape index (κ1) is 26.3. The average molecular weight is 542 g/mol. The van der Waals surface area contributed by atoms with Gasteiger partial charge in [0.15, 0.2) is 0 Å². The highest BCUT2D eigenvalue weighted by atomic mass is 35.5. The minimum absolute atomic E-state index is 0.106. The summed E-state index contributed by atoms with van der Waals surface area (Å²) >= 11 is 18.3. The lowest BCUT2D eigenvalue weighted by atomic mass is 10.0. The van der Waals surface area contributed by atoms with Crippen molar-refractivity contribution in [3.05, 3.63) is 92.4 Å². The fraction of sp³-hybridized carbons (Fsp3) is 0.208. The van der Waals surface area contributed by atoms with Crippen molar-refractivity contribution >= 4 is 56.5 Å². The molecule has 0 spiro atoms. The van der Waals surface area contributed by atoms with Crippen molar-refractivity contribution in [1.82, 2.24) is 4.72 Å². The molecule has 0 aliphatic rings. The van der Waals surface area contributed by atoms with Crippen molar-refractivity contribution in [3.63, 3.8) is 0 Å². The first-order chi connectivity index (χ1) is 16.1. The van der Waals surface area contributed by atoms with Gasteiger partial charge in [-0.2, -0.15) is 0 Å². The molecule has 3 aromatic rings. The molecule has 3 N–H and O–H groups in total. The van der Waals surface area contributed by atoms with Gasteiger partial charge in [0.1, 0.15) is 4.90 Å². The molecule has 0 saturated heterocycles. The maximum absolute atomic E-state index is 13.0. The predicted molar refractivity (Wildman–Crippen MR) is 137 cm³/mol. The van der Waals surface area contributed by atoms with Gasteiger partial charge in [0, 0.05) is 16.6 Å². The SMILES string of the molecule is CCCC(Nc1cc(Cl)c(S(=O)(=O)NCc2ccc(Cl)cc2Cl)cc1C(=O)O)c1ccccc1. The highest BCUT2D eigenvalue weighted by molar-refractivity contribution is 7.89. The normalized spacial score (nSPS) is 12.4. The van der Waals surface area contributed by atoms with Gasteiger partial charge >= 0.3 is 5.97 Å². The van der Waals surface area contributed by atoms with Crippen LogP contribution in [0.5, 0.6) is 0 Å². The topological polar surface area (TPSA) is 95.5 Å². The summed E-state index contributed by atoms with van der Waals surface area (Å²) in [4.78, 5) is 11.7. The number of nitrogens with one attached hydrogen (secondary N) is 2. The van der Waals surface area contributed by atoms with Crippen LogP contribution in [-0.4, -0.2) is 19.5 Å². The van der Waals surface area contributed by atoms with Crippen LogP contribution in [0.4, 0.5) is 5.69 Å². The molecule has 0 aromatic heterocycles. The monoisotopic (exact) mass is 540 g/mol. The number of aromatic carboxylic acids is 1. The second-order valence-electron chi connectivity index (χ2n) is 7.59. The Morgan fingerprint density at radius 3 is 2.32 bits per heavy atom. The van der Waals surface area contributed by atoms with Gasteiger partial charge in [-0.3, -0.25) is 0 Å². The van der Waals surface area contributed by atoms with Crippen molar-refractivity contribution in [2.45, 2.75) is 37.2 Å². The van der Waals surface area contributed by atoms with Crippen molar-refractivity contribution in [2.24, 2.45) is 0 Å². The Balaban J connectivity index is 1.92. The minimum atomic E-state index is -4.14. The lowest BCUT2D eigenvalue weighted by Gasteiger charge is -2.22. The highest BCUT2D eigenvalue weighted by Crippen LogP contribution is 2.33. The summed E-state index contributed by atoms with van der Waals surface area (Å²) in [5, 5.41) is 13.6. The van der Waals surface area contributed by atoms with E-state index in [1.807, 2.05) is 37.3 Å². The molecule has 1 unspecified atom stereocenters. The van der Waals surface area contributed by atoms with E-state index in [9.17, 15) is 18.3 Å². The van der Waals surface area contributed by atoms with Crippen molar-refractivity contribution < 1.29 is 18.3 Å². The van der Waals surface area contributed by atoms with Crippen LogP contribution in [0.3, 0.4) is 0 Å². The fourth-order valence-electron chi connectivity index (χ4n) is 3.46. The van der Waals surface area contributed by atoms with Gasteiger partial charge in [0.25, 0.3) is 0 Å². The minimum Gasteiger partial charge on any atom is -0.478 e. The molecule has 3 rings (SSSR count). The molecule has 0 fully saturated rings. The number of rotatable bonds is 10. The Morgan fingerprint density at radius 1 is 1.00 bits per heavy atom. The Hall–Kier alpha value is -2.29. The zero-order chi connectivity index (χ0) is 24.9. The van der Waals surface area contributed by atoms with Gasteiger partial charge in [0.05, 0.1) is 22.3 Å². The van der Waals surface area contributed by atoms with Gasteiger partial charge in [-0.1, -0.05) is 84.5 Å². The smallest absolute Gasteiger partial charge is 0.337 e. The van der Waals surface area contributed by atoms with Crippen molar-refractivity contribution in [1.29, 1.82) is 0 Å². The van der Waals surface area contributed by atoms with E-state index in [0.717, 1.165) is 24.5 Å². The number of carbonyl (C=O) groups is 1. The van der Waals surface area contributed by atoms with Crippen LogP contribution < -0.4 is 10.0 Å². The highest BCUT2D eigenvalue weighted by Gasteiger charge is 2.24. The quantitative estimate of drug-likeness (QED) is 0.263. The van der Waals surface area contributed by atoms with Crippen LogP contribution >= 0.6 is 34.8 Å². The third-order valence-electron chi connectivity index (χ3n) is 5.17. The molecule has 0 amide bonds.